The number of nitrogens with zero attached hydrogens (tertiary/aromatic N) is 1. The summed E-state index contributed by atoms with van der Waals surface area (Å²) in [5.74, 6) is 0. The summed E-state index contributed by atoms with van der Waals surface area (Å²) >= 11 is 3.55. The average Bonchev–Trinajstić information content (AvgIpc) is 2.55. The van der Waals surface area contributed by atoms with Crippen LogP contribution in [0.4, 0.5) is 0 Å². The quantitative estimate of drug-likeness (QED) is 0.511. The smallest absolute Gasteiger partial charge is 0.167 e. The summed E-state index contributed by atoms with van der Waals surface area (Å²) in [6.45, 7) is 2.61. The number of para-hydroxylation sites is 1. The maximum Gasteiger partial charge on any atom is 0.214 e. The molecule has 0 bridgehead atoms. The van der Waals surface area contributed by atoms with Gasteiger partial charge < -0.3 is 0 Å². The van der Waals surface area contributed by atoms with Gasteiger partial charge in [0, 0.05) is 12.1 Å². The van der Waals surface area contributed by atoms with Crippen molar-refractivity contribution in [3.8, 4) is 5.69 Å². The third-order valence-corrected chi connectivity index (χ3v) is 4.21. The molecule has 0 saturated carbocycles. The number of halogens is 1. The summed E-state index contributed by atoms with van der Waals surface area (Å²) in [7, 11) is 0. The minimum atomic E-state index is 0.355. The molecular formula is C18H16BBrN+. The molecule has 1 heterocycles. The third kappa shape index (κ3) is 3.08. The zero-order valence-corrected chi connectivity index (χ0v) is 13.5. The van der Waals surface area contributed by atoms with E-state index in [-0.39, 0.29) is 0 Å². The fourth-order valence-corrected chi connectivity index (χ4v) is 2.98. The molecule has 0 atom stereocenters. The van der Waals surface area contributed by atoms with E-state index < -0.39 is 0 Å². The Kier molecular flexibility index (Phi) is 4.21. The first kappa shape index (κ1) is 14.1. The minimum Gasteiger partial charge on any atom is -0.167 e. The van der Waals surface area contributed by atoms with Crippen LogP contribution in [-0.2, 0) is 0 Å². The van der Waals surface area contributed by atoms with Crippen LogP contribution in [0.2, 0.25) is 6.82 Å². The zero-order chi connectivity index (χ0) is 14.7. The van der Waals surface area contributed by atoms with Crippen molar-refractivity contribution in [1.29, 1.82) is 0 Å². The molecule has 1 aromatic heterocycles. The number of hydrogen-bond acceptors (Lipinski definition) is 0. The summed E-state index contributed by atoms with van der Waals surface area (Å²) in [6.07, 6.45) is 4.18. The Morgan fingerprint density at radius 1 is 0.857 bits per heavy atom. The average molecular weight is 337 g/mol. The zero-order valence-electron chi connectivity index (χ0n) is 11.9. The molecule has 0 saturated heterocycles. The maximum absolute atomic E-state index is 3.55. The second-order valence-corrected chi connectivity index (χ2v) is 6.04. The molecule has 3 heteroatoms. The summed E-state index contributed by atoms with van der Waals surface area (Å²) in [6, 6.07) is 23.3. The molecule has 0 unspecified atom stereocenters. The lowest BCUT2D eigenvalue weighted by atomic mass is 9.42. The number of pyridine rings is 1. The summed E-state index contributed by atoms with van der Waals surface area (Å²) in [4.78, 5) is 0. The van der Waals surface area contributed by atoms with Gasteiger partial charge in [0.2, 0.25) is 12.4 Å². The molecule has 0 aliphatic carbocycles. The molecule has 0 N–H and O–H groups in total. The number of rotatable bonds is 3. The Morgan fingerprint density at radius 3 is 2.33 bits per heavy atom. The highest BCUT2D eigenvalue weighted by Gasteiger charge is 2.21. The second kappa shape index (κ2) is 6.27. The molecular weight excluding hydrogens is 321 g/mol. The number of hydrogen-bond donors (Lipinski definition) is 0. The lowest BCUT2D eigenvalue weighted by Gasteiger charge is -2.11. The first-order valence-electron chi connectivity index (χ1n) is 7.07. The highest BCUT2D eigenvalue weighted by atomic mass is 79.9. The second-order valence-electron chi connectivity index (χ2n) is 5.12. The highest BCUT2D eigenvalue weighted by molar-refractivity contribution is 9.10. The molecule has 1 nitrogen and oxygen atoms in total. The van der Waals surface area contributed by atoms with E-state index in [0.717, 1.165) is 4.47 Å². The van der Waals surface area contributed by atoms with Gasteiger partial charge in [-0.25, -0.2) is 0 Å². The molecule has 0 fully saturated rings. The Labute approximate surface area is 134 Å². The van der Waals surface area contributed by atoms with Gasteiger partial charge in [0.05, 0.1) is 4.47 Å². The van der Waals surface area contributed by atoms with E-state index in [9.17, 15) is 0 Å². The van der Waals surface area contributed by atoms with Gasteiger partial charge in [-0.15, -0.1) is 0 Å². The van der Waals surface area contributed by atoms with Crippen LogP contribution in [0.15, 0.2) is 83.6 Å². The lowest BCUT2D eigenvalue weighted by Crippen LogP contribution is -2.46. The molecule has 0 radical (unpaired) electrons. The van der Waals surface area contributed by atoms with Gasteiger partial charge in [-0.05, 0) is 27.5 Å². The first-order valence-corrected chi connectivity index (χ1v) is 7.86. The van der Waals surface area contributed by atoms with Crippen LogP contribution >= 0.6 is 15.9 Å². The fourth-order valence-electron chi connectivity index (χ4n) is 2.61. The molecule has 0 spiro atoms. The predicted molar refractivity (Wildman–Crippen MR) is 93.0 cm³/mol. The predicted octanol–water partition coefficient (Wildman–Crippen LogP) is 2.96. The third-order valence-electron chi connectivity index (χ3n) is 3.75. The van der Waals surface area contributed by atoms with Gasteiger partial charge in [0.15, 0.2) is 12.4 Å². The van der Waals surface area contributed by atoms with E-state index in [4.69, 9.17) is 0 Å². The number of benzene rings is 2. The van der Waals surface area contributed by atoms with Gasteiger partial charge in [-0.1, -0.05) is 60.8 Å². The van der Waals surface area contributed by atoms with Gasteiger partial charge in [-0.2, -0.15) is 4.57 Å². The first-order chi connectivity index (χ1) is 10.3. The molecule has 0 aliphatic rings. The van der Waals surface area contributed by atoms with Crippen LogP contribution in [0.5, 0.6) is 0 Å². The molecule has 102 valence electrons. The van der Waals surface area contributed by atoms with E-state index in [0.29, 0.717) is 6.71 Å². The van der Waals surface area contributed by atoms with Gasteiger partial charge >= 0.3 is 0 Å². The Bertz CT molecular complexity index is 743. The van der Waals surface area contributed by atoms with Crippen molar-refractivity contribution in [1.82, 2.24) is 0 Å². The molecule has 21 heavy (non-hydrogen) atoms. The number of aromatic nitrogens is 1. The molecule has 3 rings (SSSR count). The Hall–Kier alpha value is -1.87. The van der Waals surface area contributed by atoms with Crippen LogP contribution in [0, 0.1) is 0 Å². The highest BCUT2D eigenvalue weighted by Crippen LogP contribution is 2.06. The van der Waals surface area contributed by atoms with E-state index in [1.807, 2.05) is 12.1 Å². The standard InChI is InChI=1S/C18H16BBrN/c1-19(15-8-3-2-4-9-15)17-11-5-6-12-18(17)21-13-7-10-16(20)14-21/h2-14H,1H3/q+1. The van der Waals surface area contributed by atoms with Crippen LogP contribution < -0.4 is 15.5 Å². The minimum absolute atomic E-state index is 0.355. The Balaban J connectivity index is 2.08. The van der Waals surface area contributed by atoms with Crippen molar-refractivity contribution in [2.75, 3.05) is 0 Å². The van der Waals surface area contributed by atoms with Crippen molar-refractivity contribution >= 4 is 33.6 Å². The van der Waals surface area contributed by atoms with E-state index in [2.05, 4.69) is 94.3 Å². The molecule has 2 aromatic carbocycles. The van der Waals surface area contributed by atoms with E-state index in [1.165, 1.54) is 16.6 Å². The van der Waals surface area contributed by atoms with Gasteiger partial charge in [-0.3, -0.25) is 0 Å². The van der Waals surface area contributed by atoms with Crippen molar-refractivity contribution in [2.24, 2.45) is 0 Å². The Morgan fingerprint density at radius 2 is 1.57 bits per heavy atom. The topological polar surface area (TPSA) is 3.88 Å². The van der Waals surface area contributed by atoms with E-state index in [1.54, 1.807) is 0 Å². The molecule has 3 aromatic rings. The van der Waals surface area contributed by atoms with Crippen molar-refractivity contribution in [2.45, 2.75) is 6.82 Å². The largest absolute Gasteiger partial charge is 0.214 e. The van der Waals surface area contributed by atoms with E-state index >= 15 is 0 Å². The summed E-state index contributed by atoms with van der Waals surface area (Å²) in [5, 5.41) is 0. The monoisotopic (exact) mass is 336 g/mol. The van der Waals surface area contributed by atoms with Gasteiger partial charge in [0.25, 0.3) is 0 Å². The SMILES string of the molecule is CB(c1ccccc1)c1ccccc1-[n+]1cccc(Br)c1. The van der Waals surface area contributed by atoms with Crippen molar-refractivity contribution < 1.29 is 4.57 Å². The van der Waals surface area contributed by atoms with Crippen LogP contribution in [0.1, 0.15) is 0 Å². The normalized spacial score (nSPS) is 10.4. The van der Waals surface area contributed by atoms with Crippen molar-refractivity contribution in [3.05, 3.63) is 83.6 Å². The maximum atomic E-state index is 3.55. The summed E-state index contributed by atoms with van der Waals surface area (Å²) in [5.41, 5.74) is 3.88. The van der Waals surface area contributed by atoms with Crippen LogP contribution in [0.25, 0.3) is 5.69 Å². The fraction of sp³-hybridized carbons (Fsp3) is 0.0556. The molecule has 0 aliphatic heterocycles. The molecule has 0 amide bonds. The van der Waals surface area contributed by atoms with Gasteiger partial charge in [0.1, 0.15) is 0 Å². The van der Waals surface area contributed by atoms with Crippen molar-refractivity contribution in [3.63, 3.8) is 0 Å². The lowest BCUT2D eigenvalue weighted by molar-refractivity contribution is -0.595. The summed E-state index contributed by atoms with van der Waals surface area (Å²) < 4.78 is 3.24. The van der Waals surface area contributed by atoms with Crippen LogP contribution in [-0.4, -0.2) is 6.71 Å². The van der Waals surface area contributed by atoms with Crippen LogP contribution in [0.3, 0.4) is 0 Å².